The molecule has 1 rings (SSSR count). The number of hydrogen-bond acceptors (Lipinski definition) is 4. The van der Waals surface area contributed by atoms with E-state index in [1.165, 1.54) is 7.11 Å². The van der Waals surface area contributed by atoms with Crippen LogP contribution in [0.15, 0.2) is 12.1 Å². The Kier molecular flexibility index (Phi) is 4.99. The fourth-order valence-electron chi connectivity index (χ4n) is 1.36. The third kappa shape index (κ3) is 3.38. The van der Waals surface area contributed by atoms with Gasteiger partial charge in [0, 0.05) is 12.7 Å². The van der Waals surface area contributed by atoms with Crippen molar-refractivity contribution in [3.05, 3.63) is 29.3 Å². The van der Waals surface area contributed by atoms with Crippen LogP contribution in [0.4, 0.5) is 8.78 Å². The van der Waals surface area contributed by atoms with E-state index in [1.807, 2.05) is 0 Å². The van der Waals surface area contributed by atoms with E-state index in [4.69, 9.17) is 15.3 Å². The summed E-state index contributed by atoms with van der Waals surface area (Å²) in [6.07, 6.45) is -0.520. The molecule has 0 radical (unpaired) electrons. The van der Waals surface area contributed by atoms with Crippen molar-refractivity contribution in [2.75, 3.05) is 13.7 Å². The number of methoxy groups -OCH3 is 1. The Balaban J connectivity index is 2.97. The van der Waals surface area contributed by atoms with Gasteiger partial charge < -0.3 is 9.47 Å². The molecular formula is C11H14F2N2O3. The quantitative estimate of drug-likeness (QED) is 0.470. The van der Waals surface area contributed by atoms with Crippen molar-refractivity contribution in [3.8, 4) is 5.75 Å². The van der Waals surface area contributed by atoms with Gasteiger partial charge in [-0.2, -0.15) is 0 Å². The molecule has 0 saturated carbocycles. The number of halogens is 2. The van der Waals surface area contributed by atoms with E-state index in [2.05, 4.69) is 0 Å². The van der Waals surface area contributed by atoms with Gasteiger partial charge in [0.2, 0.25) is 0 Å². The fourth-order valence-corrected chi connectivity index (χ4v) is 1.36. The van der Waals surface area contributed by atoms with Crippen molar-refractivity contribution in [2.45, 2.75) is 13.0 Å². The number of hydrazine groups is 1. The molecule has 1 aromatic rings. The zero-order valence-corrected chi connectivity index (χ0v) is 10.00. The number of nitrogen functional groups attached to an aromatic ring is 1. The molecular weight excluding hydrogens is 246 g/mol. The standard InChI is InChI=1S/C11H14F2N2O3/c1-6(5-17-2)18-10-8(12)3-7(4-9(10)13)11(16)15-14/h3-4,6H,5,14H2,1-2H3,(H,15,16)/t6-/m1/s1. The highest BCUT2D eigenvalue weighted by Gasteiger charge is 2.17. The lowest BCUT2D eigenvalue weighted by Gasteiger charge is -2.15. The van der Waals surface area contributed by atoms with Crippen molar-refractivity contribution in [1.82, 2.24) is 5.43 Å². The molecule has 7 heteroatoms. The van der Waals surface area contributed by atoms with Crippen molar-refractivity contribution >= 4 is 5.91 Å². The maximum Gasteiger partial charge on any atom is 0.265 e. The number of ether oxygens (including phenoxy) is 2. The number of amides is 1. The zero-order chi connectivity index (χ0) is 13.7. The molecule has 0 aliphatic heterocycles. The highest BCUT2D eigenvalue weighted by atomic mass is 19.1. The molecule has 0 aliphatic rings. The van der Waals surface area contributed by atoms with Crippen molar-refractivity contribution in [2.24, 2.45) is 5.84 Å². The summed E-state index contributed by atoms with van der Waals surface area (Å²) in [5.41, 5.74) is 1.56. The zero-order valence-electron chi connectivity index (χ0n) is 10.00. The third-order valence-electron chi connectivity index (χ3n) is 2.11. The SMILES string of the molecule is COC[C@@H](C)Oc1c(F)cc(C(=O)NN)cc1F. The van der Waals surface area contributed by atoms with Crippen LogP contribution in [0.2, 0.25) is 0 Å². The molecule has 0 bridgehead atoms. The molecule has 0 heterocycles. The lowest BCUT2D eigenvalue weighted by Crippen LogP contribution is -2.30. The number of hydrogen-bond donors (Lipinski definition) is 2. The van der Waals surface area contributed by atoms with Gasteiger partial charge in [-0.1, -0.05) is 0 Å². The Morgan fingerprint density at radius 2 is 2.00 bits per heavy atom. The van der Waals surface area contributed by atoms with Gasteiger partial charge >= 0.3 is 0 Å². The molecule has 0 spiro atoms. The smallest absolute Gasteiger partial charge is 0.265 e. The predicted molar refractivity (Wildman–Crippen MR) is 60.0 cm³/mol. The van der Waals surface area contributed by atoms with E-state index < -0.39 is 29.4 Å². The Morgan fingerprint density at radius 1 is 1.44 bits per heavy atom. The van der Waals surface area contributed by atoms with Crippen LogP contribution in [-0.4, -0.2) is 25.7 Å². The monoisotopic (exact) mass is 260 g/mol. The Bertz CT molecular complexity index is 417. The largest absolute Gasteiger partial charge is 0.482 e. The van der Waals surface area contributed by atoms with Gasteiger partial charge in [-0.05, 0) is 19.1 Å². The summed E-state index contributed by atoms with van der Waals surface area (Å²) in [5.74, 6) is 1.58. The van der Waals surface area contributed by atoms with Gasteiger partial charge in [-0.3, -0.25) is 10.2 Å². The second-order valence-corrected chi connectivity index (χ2v) is 3.63. The number of carbonyl (C=O) groups is 1. The van der Waals surface area contributed by atoms with Crippen molar-refractivity contribution < 1.29 is 23.0 Å². The second-order valence-electron chi connectivity index (χ2n) is 3.63. The topological polar surface area (TPSA) is 73.6 Å². The maximum absolute atomic E-state index is 13.6. The highest BCUT2D eigenvalue weighted by molar-refractivity contribution is 5.93. The summed E-state index contributed by atoms with van der Waals surface area (Å²) in [7, 11) is 1.45. The summed E-state index contributed by atoms with van der Waals surface area (Å²) >= 11 is 0. The van der Waals surface area contributed by atoms with Crippen molar-refractivity contribution in [1.29, 1.82) is 0 Å². The average Bonchev–Trinajstić information content (AvgIpc) is 2.32. The molecule has 1 amide bonds. The molecule has 5 nitrogen and oxygen atoms in total. The summed E-state index contributed by atoms with van der Waals surface area (Å²) in [6.45, 7) is 1.78. The first-order chi connectivity index (χ1) is 8.49. The fraction of sp³-hybridized carbons (Fsp3) is 0.364. The minimum absolute atomic E-state index is 0.184. The Labute approximate surface area is 103 Å². The summed E-state index contributed by atoms with van der Waals surface area (Å²) in [6, 6.07) is 1.69. The summed E-state index contributed by atoms with van der Waals surface area (Å²) in [5, 5.41) is 0. The molecule has 0 saturated heterocycles. The van der Waals surface area contributed by atoms with Crippen molar-refractivity contribution in [3.63, 3.8) is 0 Å². The molecule has 1 aromatic carbocycles. The highest BCUT2D eigenvalue weighted by Crippen LogP contribution is 2.24. The first-order valence-electron chi connectivity index (χ1n) is 5.15. The van der Waals surface area contributed by atoms with Crippen LogP contribution in [0.1, 0.15) is 17.3 Å². The normalized spacial score (nSPS) is 12.1. The first-order valence-corrected chi connectivity index (χ1v) is 5.15. The lowest BCUT2D eigenvalue weighted by atomic mass is 10.2. The van der Waals surface area contributed by atoms with E-state index in [1.54, 1.807) is 12.3 Å². The average molecular weight is 260 g/mol. The Hall–Kier alpha value is -1.73. The molecule has 100 valence electrons. The van der Waals surface area contributed by atoms with Crippen LogP contribution in [0.3, 0.4) is 0 Å². The van der Waals surface area contributed by atoms with E-state index >= 15 is 0 Å². The maximum atomic E-state index is 13.6. The van der Waals surface area contributed by atoms with Crippen LogP contribution in [-0.2, 0) is 4.74 Å². The molecule has 0 aromatic heterocycles. The minimum Gasteiger partial charge on any atom is -0.482 e. The lowest BCUT2D eigenvalue weighted by molar-refractivity contribution is 0.0860. The summed E-state index contributed by atoms with van der Waals surface area (Å²) in [4.78, 5) is 11.1. The minimum atomic E-state index is -0.975. The van der Waals surface area contributed by atoms with Gasteiger partial charge in [0.1, 0.15) is 6.10 Å². The third-order valence-corrected chi connectivity index (χ3v) is 2.11. The predicted octanol–water partition coefficient (Wildman–Crippen LogP) is 0.982. The van der Waals surface area contributed by atoms with E-state index in [-0.39, 0.29) is 12.2 Å². The van der Waals surface area contributed by atoms with Gasteiger partial charge in [-0.25, -0.2) is 14.6 Å². The molecule has 0 unspecified atom stereocenters. The van der Waals surface area contributed by atoms with E-state index in [0.29, 0.717) is 0 Å². The number of carbonyl (C=O) groups excluding carboxylic acids is 1. The molecule has 1 atom stereocenters. The van der Waals surface area contributed by atoms with Gasteiger partial charge in [-0.15, -0.1) is 0 Å². The van der Waals surface area contributed by atoms with Crippen LogP contribution in [0.25, 0.3) is 0 Å². The molecule has 0 fully saturated rings. The molecule has 18 heavy (non-hydrogen) atoms. The van der Waals surface area contributed by atoms with Crippen LogP contribution >= 0.6 is 0 Å². The first kappa shape index (κ1) is 14.3. The number of benzene rings is 1. The number of nitrogens with two attached hydrogens (primary N) is 1. The molecule has 3 N–H and O–H groups in total. The van der Waals surface area contributed by atoms with Crippen LogP contribution < -0.4 is 16.0 Å². The van der Waals surface area contributed by atoms with Gasteiger partial charge in [0.25, 0.3) is 5.91 Å². The van der Waals surface area contributed by atoms with Crippen LogP contribution in [0, 0.1) is 11.6 Å². The molecule has 0 aliphatic carbocycles. The van der Waals surface area contributed by atoms with E-state index in [0.717, 1.165) is 12.1 Å². The van der Waals surface area contributed by atoms with Crippen LogP contribution in [0.5, 0.6) is 5.75 Å². The van der Waals surface area contributed by atoms with Gasteiger partial charge in [0.05, 0.1) is 6.61 Å². The van der Waals surface area contributed by atoms with Gasteiger partial charge in [0.15, 0.2) is 17.4 Å². The Morgan fingerprint density at radius 3 is 2.44 bits per heavy atom. The number of nitrogens with one attached hydrogen (secondary N) is 1. The number of rotatable bonds is 5. The van der Waals surface area contributed by atoms with E-state index in [9.17, 15) is 13.6 Å². The second kappa shape index (κ2) is 6.27. The summed E-state index contributed by atoms with van der Waals surface area (Å²) < 4.78 is 37.0.